The van der Waals surface area contributed by atoms with Gasteiger partial charge in [0, 0.05) is 12.7 Å². The summed E-state index contributed by atoms with van der Waals surface area (Å²) in [7, 11) is -3.59. The van der Waals surface area contributed by atoms with Gasteiger partial charge in [-0.25, -0.2) is 13.1 Å². The van der Waals surface area contributed by atoms with E-state index in [-0.39, 0.29) is 11.4 Å². The Kier molecular flexibility index (Phi) is 5.20. The Balaban J connectivity index is 2.02. The Morgan fingerprint density at radius 1 is 1.19 bits per heavy atom. The van der Waals surface area contributed by atoms with Crippen LogP contribution in [-0.4, -0.2) is 31.8 Å². The van der Waals surface area contributed by atoms with E-state index in [9.17, 15) is 8.42 Å². The quantitative estimate of drug-likeness (QED) is 0.761. The first kappa shape index (κ1) is 15.4. The molecule has 0 atom stereocenters. The number of rotatable bonds is 7. The fraction of sp³-hybridized carbons (Fsp3) is 0.231. The van der Waals surface area contributed by atoms with Gasteiger partial charge in [0.25, 0.3) is 0 Å². The number of benzene rings is 1. The van der Waals surface area contributed by atoms with Crippen LogP contribution in [0.3, 0.4) is 0 Å². The minimum absolute atomic E-state index is 0.0849. The third kappa shape index (κ3) is 4.48. The first-order valence-corrected chi connectivity index (χ1v) is 7.79. The standard InChI is InChI=1S/C13H16N4O3S/c14-7-9-20-12-3-5-13(6-4-12)21(18,19)16-10-11-2-1-8-15-17-11/h1-6,8,16H,7,9-10,14H2. The number of ether oxygens (including phenoxy) is 1. The molecular weight excluding hydrogens is 292 g/mol. The van der Waals surface area contributed by atoms with Gasteiger partial charge in [-0.2, -0.15) is 10.2 Å². The largest absolute Gasteiger partial charge is 0.492 e. The molecule has 0 radical (unpaired) electrons. The fourth-order valence-corrected chi connectivity index (χ4v) is 2.57. The number of hydrogen-bond donors (Lipinski definition) is 2. The first-order chi connectivity index (χ1) is 10.1. The zero-order chi connectivity index (χ0) is 15.1. The van der Waals surface area contributed by atoms with Crippen LogP contribution in [0, 0.1) is 0 Å². The van der Waals surface area contributed by atoms with Crippen LogP contribution >= 0.6 is 0 Å². The SMILES string of the molecule is NCCOc1ccc(S(=O)(=O)NCc2cccnn2)cc1. The van der Waals surface area contributed by atoms with Crippen molar-refractivity contribution < 1.29 is 13.2 Å². The summed E-state index contributed by atoms with van der Waals surface area (Å²) < 4.78 is 32.0. The number of aromatic nitrogens is 2. The predicted octanol–water partition coefficient (Wildman–Crippen LogP) is 0.293. The lowest BCUT2D eigenvalue weighted by atomic mass is 10.3. The molecule has 0 bridgehead atoms. The van der Waals surface area contributed by atoms with Gasteiger partial charge in [-0.15, -0.1) is 0 Å². The smallest absolute Gasteiger partial charge is 0.240 e. The van der Waals surface area contributed by atoms with Crippen LogP contribution < -0.4 is 15.2 Å². The van der Waals surface area contributed by atoms with Crippen LogP contribution in [0.5, 0.6) is 5.75 Å². The second kappa shape index (κ2) is 7.11. The van der Waals surface area contributed by atoms with Gasteiger partial charge in [0.1, 0.15) is 12.4 Å². The number of nitrogens with zero attached hydrogens (tertiary/aromatic N) is 2. The second-order valence-corrected chi connectivity index (χ2v) is 5.92. The molecule has 0 unspecified atom stereocenters. The lowest BCUT2D eigenvalue weighted by molar-refractivity contribution is 0.328. The van der Waals surface area contributed by atoms with Crippen LogP contribution in [0.15, 0.2) is 47.5 Å². The van der Waals surface area contributed by atoms with Crippen molar-refractivity contribution in [2.24, 2.45) is 5.73 Å². The van der Waals surface area contributed by atoms with Crippen molar-refractivity contribution in [3.8, 4) is 5.75 Å². The average molecular weight is 308 g/mol. The van der Waals surface area contributed by atoms with E-state index in [1.807, 2.05) is 0 Å². The summed E-state index contributed by atoms with van der Waals surface area (Å²) in [5.41, 5.74) is 5.87. The van der Waals surface area contributed by atoms with E-state index in [1.54, 1.807) is 24.3 Å². The van der Waals surface area contributed by atoms with Crippen LogP contribution in [-0.2, 0) is 16.6 Å². The molecule has 7 nitrogen and oxygen atoms in total. The first-order valence-electron chi connectivity index (χ1n) is 6.31. The number of nitrogens with two attached hydrogens (primary N) is 1. The Bertz CT molecular complexity index is 660. The molecule has 0 amide bonds. The lowest BCUT2D eigenvalue weighted by Gasteiger charge is -2.08. The number of nitrogens with one attached hydrogen (secondary N) is 1. The normalized spacial score (nSPS) is 11.3. The molecule has 21 heavy (non-hydrogen) atoms. The van der Waals surface area contributed by atoms with Crippen LogP contribution in [0.1, 0.15) is 5.69 Å². The highest BCUT2D eigenvalue weighted by Gasteiger charge is 2.13. The van der Waals surface area contributed by atoms with E-state index in [0.29, 0.717) is 24.6 Å². The van der Waals surface area contributed by atoms with E-state index in [1.165, 1.54) is 18.3 Å². The van der Waals surface area contributed by atoms with Gasteiger partial charge >= 0.3 is 0 Å². The number of sulfonamides is 1. The molecule has 1 heterocycles. The molecule has 2 aromatic rings. The molecule has 1 aromatic heterocycles. The fourth-order valence-electron chi connectivity index (χ4n) is 1.57. The Morgan fingerprint density at radius 3 is 2.57 bits per heavy atom. The molecule has 1 aromatic carbocycles. The second-order valence-electron chi connectivity index (χ2n) is 4.15. The van der Waals surface area contributed by atoms with Crippen molar-refractivity contribution in [3.05, 3.63) is 48.3 Å². The Morgan fingerprint density at radius 2 is 1.95 bits per heavy atom. The Labute approximate surface area is 123 Å². The third-order valence-electron chi connectivity index (χ3n) is 2.59. The van der Waals surface area contributed by atoms with Crippen molar-refractivity contribution in [1.29, 1.82) is 0 Å². The van der Waals surface area contributed by atoms with Crippen molar-refractivity contribution in [1.82, 2.24) is 14.9 Å². The molecule has 0 aliphatic carbocycles. The molecule has 0 fully saturated rings. The van der Waals surface area contributed by atoms with E-state index in [0.717, 1.165) is 0 Å². The van der Waals surface area contributed by atoms with Gasteiger partial charge in [0.05, 0.1) is 17.1 Å². The summed E-state index contributed by atoms with van der Waals surface area (Å²) in [6.07, 6.45) is 1.53. The topological polar surface area (TPSA) is 107 Å². The zero-order valence-electron chi connectivity index (χ0n) is 11.3. The van der Waals surface area contributed by atoms with Crippen LogP contribution in [0.4, 0.5) is 0 Å². The van der Waals surface area contributed by atoms with Crippen LogP contribution in [0.25, 0.3) is 0 Å². The maximum atomic E-state index is 12.1. The molecule has 8 heteroatoms. The van der Waals surface area contributed by atoms with Gasteiger partial charge in [-0.3, -0.25) is 0 Å². The number of hydrogen-bond acceptors (Lipinski definition) is 6. The maximum absolute atomic E-state index is 12.1. The van der Waals surface area contributed by atoms with Crippen molar-refractivity contribution in [3.63, 3.8) is 0 Å². The minimum atomic E-state index is -3.59. The minimum Gasteiger partial charge on any atom is -0.492 e. The lowest BCUT2D eigenvalue weighted by Crippen LogP contribution is -2.23. The molecule has 3 N–H and O–H groups in total. The molecule has 2 rings (SSSR count). The molecule has 0 aliphatic heterocycles. The van der Waals surface area contributed by atoms with E-state index < -0.39 is 10.0 Å². The van der Waals surface area contributed by atoms with Crippen molar-refractivity contribution in [2.45, 2.75) is 11.4 Å². The summed E-state index contributed by atoms with van der Waals surface area (Å²) in [5, 5.41) is 7.50. The zero-order valence-corrected chi connectivity index (χ0v) is 12.1. The van der Waals surface area contributed by atoms with Gasteiger partial charge in [-0.1, -0.05) is 0 Å². The van der Waals surface area contributed by atoms with Gasteiger partial charge in [0.2, 0.25) is 10.0 Å². The highest BCUT2D eigenvalue weighted by molar-refractivity contribution is 7.89. The van der Waals surface area contributed by atoms with Crippen molar-refractivity contribution in [2.75, 3.05) is 13.2 Å². The predicted molar refractivity (Wildman–Crippen MR) is 77.0 cm³/mol. The molecule has 112 valence electrons. The van der Waals surface area contributed by atoms with Crippen LogP contribution in [0.2, 0.25) is 0 Å². The summed E-state index contributed by atoms with van der Waals surface area (Å²) in [5.74, 6) is 0.577. The molecule has 0 saturated heterocycles. The van der Waals surface area contributed by atoms with Gasteiger partial charge in [-0.05, 0) is 36.4 Å². The van der Waals surface area contributed by atoms with E-state index >= 15 is 0 Å². The highest BCUT2D eigenvalue weighted by Crippen LogP contribution is 2.15. The summed E-state index contributed by atoms with van der Waals surface area (Å²) in [6.45, 7) is 0.873. The summed E-state index contributed by atoms with van der Waals surface area (Å²) in [4.78, 5) is 0.159. The van der Waals surface area contributed by atoms with Crippen molar-refractivity contribution >= 4 is 10.0 Å². The summed E-state index contributed by atoms with van der Waals surface area (Å²) in [6, 6.07) is 9.52. The monoisotopic (exact) mass is 308 g/mol. The molecule has 0 saturated carbocycles. The van der Waals surface area contributed by atoms with E-state index in [2.05, 4.69) is 14.9 Å². The molecular formula is C13H16N4O3S. The highest BCUT2D eigenvalue weighted by atomic mass is 32.2. The maximum Gasteiger partial charge on any atom is 0.240 e. The molecule has 0 aliphatic rings. The molecule has 0 spiro atoms. The average Bonchev–Trinajstić information content (AvgIpc) is 2.52. The van der Waals surface area contributed by atoms with Gasteiger partial charge in [0.15, 0.2) is 0 Å². The van der Waals surface area contributed by atoms with Gasteiger partial charge < -0.3 is 10.5 Å². The third-order valence-corrected chi connectivity index (χ3v) is 4.01. The Hall–Kier alpha value is -2.03. The summed E-state index contributed by atoms with van der Waals surface area (Å²) >= 11 is 0. The van der Waals surface area contributed by atoms with E-state index in [4.69, 9.17) is 10.5 Å².